The molecule has 1 saturated carbocycles. The quantitative estimate of drug-likeness (QED) is 0.879. The molecule has 0 spiro atoms. The number of ether oxygens (including phenoxy) is 1. The monoisotopic (exact) mass is 288 g/mol. The van der Waals surface area contributed by atoms with Crippen molar-refractivity contribution in [2.24, 2.45) is 0 Å². The van der Waals surface area contributed by atoms with Crippen molar-refractivity contribution in [3.63, 3.8) is 0 Å². The standard InChI is InChI=1S/C16H20N2OS/c1-2-8-14(9-3-1)19-12-16-18-11-15(20-16)10-17-13-6-4-5-7-13/h1-3,8-9,11,13,17H,4-7,10,12H2. The van der Waals surface area contributed by atoms with E-state index in [0.717, 1.165) is 17.3 Å². The number of nitrogens with one attached hydrogen (secondary N) is 1. The summed E-state index contributed by atoms with van der Waals surface area (Å²) >= 11 is 1.74. The highest BCUT2D eigenvalue weighted by atomic mass is 32.1. The number of aromatic nitrogens is 1. The highest BCUT2D eigenvalue weighted by Crippen LogP contribution is 2.20. The van der Waals surface area contributed by atoms with Crippen LogP contribution in [0.1, 0.15) is 35.6 Å². The summed E-state index contributed by atoms with van der Waals surface area (Å²) < 4.78 is 5.71. The van der Waals surface area contributed by atoms with Gasteiger partial charge in [-0.3, -0.25) is 0 Å². The first-order valence-corrected chi connectivity index (χ1v) is 8.06. The van der Waals surface area contributed by atoms with Gasteiger partial charge < -0.3 is 10.1 Å². The topological polar surface area (TPSA) is 34.1 Å². The fourth-order valence-electron chi connectivity index (χ4n) is 2.53. The van der Waals surface area contributed by atoms with Gasteiger partial charge in [0.05, 0.1) is 0 Å². The van der Waals surface area contributed by atoms with Gasteiger partial charge in [0.1, 0.15) is 17.4 Å². The Morgan fingerprint density at radius 3 is 2.80 bits per heavy atom. The lowest BCUT2D eigenvalue weighted by molar-refractivity contribution is 0.305. The Hall–Kier alpha value is -1.39. The second-order valence-electron chi connectivity index (χ2n) is 5.18. The molecular formula is C16H20N2OS. The zero-order chi connectivity index (χ0) is 13.6. The maximum absolute atomic E-state index is 5.71. The predicted octanol–water partition coefficient (Wildman–Crippen LogP) is 3.75. The molecule has 0 bridgehead atoms. The van der Waals surface area contributed by atoms with Crippen molar-refractivity contribution in [3.05, 3.63) is 46.4 Å². The van der Waals surface area contributed by atoms with Gasteiger partial charge in [0.2, 0.25) is 0 Å². The highest BCUT2D eigenvalue weighted by Gasteiger charge is 2.14. The molecule has 1 aliphatic carbocycles. The molecule has 1 heterocycles. The van der Waals surface area contributed by atoms with E-state index in [-0.39, 0.29) is 0 Å². The van der Waals surface area contributed by atoms with E-state index in [2.05, 4.69) is 10.3 Å². The van der Waals surface area contributed by atoms with E-state index in [9.17, 15) is 0 Å². The highest BCUT2D eigenvalue weighted by molar-refractivity contribution is 7.11. The number of para-hydroxylation sites is 1. The van der Waals surface area contributed by atoms with Gasteiger partial charge in [0.25, 0.3) is 0 Å². The summed E-state index contributed by atoms with van der Waals surface area (Å²) in [5.41, 5.74) is 0. The van der Waals surface area contributed by atoms with Crippen LogP contribution >= 0.6 is 11.3 Å². The van der Waals surface area contributed by atoms with Gasteiger partial charge in [-0.2, -0.15) is 0 Å². The molecule has 106 valence electrons. The number of benzene rings is 1. The third-order valence-corrected chi connectivity index (χ3v) is 4.60. The van der Waals surface area contributed by atoms with E-state index in [1.807, 2.05) is 36.5 Å². The molecule has 20 heavy (non-hydrogen) atoms. The second kappa shape index (κ2) is 6.86. The van der Waals surface area contributed by atoms with Crippen LogP contribution in [0.25, 0.3) is 0 Å². The minimum atomic E-state index is 0.554. The van der Waals surface area contributed by atoms with Crippen molar-refractivity contribution in [3.8, 4) is 5.75 Å². The zero-order valence-corrected chi connectivity index (χ0v) is 12.4. The van der Waals surface area contributed by atoms with Crippen LogP contribution in [0.2, 0.25) is 0 Å². The first-order valence-electron chi connectivity index (χ1n) is 7.25. The van der Waals surface area contributed by atoms with Crippen molar-refractivity contribution >= 4 is 11.3 Å². The predicted molar refractivity (Wildman–Crippen MR) is 82.0 cm³/mol. The molecule has 0 atom stereocenters. The van der Waals surface area contributed by atoms with E-state index in [0.29, 0.717) is 12.6 Å². The van der Waals surface area contributed by atoms with Gasteiger partial charge in [-0.15, -0.1) is 11.3 Å². The zero-order valence-electron chi connectivity index (χ0n) is 11.5. The number of hydrogen-bond acceptors (Lipinski definition) is 4. The van der Waals surface area contributed by atoms with Gasteiger partial charge >= 0.3 is 0 Å². The summed E-state index contributed by atoms with van der Waals surface area (Å²) in [5, 5.41) is 4.65. The lowest BCUT2D eigenvalue weighted by Gasteiger charge is -2.09. The lowest BCUT2D eigenvalue weighted by atomic mass is 10.2. The van der Waals surface area contributed by atoms with Crippen LogP contribution < -0.4 is 10.1 Å². The SMILES string of the molecule is c1ccc(OCc2ncc(CNC3CCCC3)s2)cc1. The number of thiazole rings is 1. The molecule has 0 aliphatic heterocycles. The minimum Gasteiger partial charge on any atom is -0.486 e. The molecule has 2 aromatic rings. The van der Waals surface area contributed by atoms with Gasteiger partial charge in [-0.25, -0.2) is 4.98 Å². The molecule has 1 aliphatic rings. The molecular weight excluding hydrogens is 268 g/mol. The Kier molecular flexibility index (Phi) is 4.66. The van der Waals surface area contributed by atoms with Gasteiger partial charge in [0, 0.05) is 23.7 Å². The maximum atomic E-state index is 5.71. The van der Waals surface area contributed by atoms with Crippen molar-refractivity contribution in [1.82, 2.24) is 10.3 Å². The molecule has 1 aromatic heterocycles. The van der Waals surface area contributed by atoms with Crippen molar-refractivity contribution < 1.29 is 4.74 Å². The first kappa shape index (κ1) is 13.6. The molecule has 3 nitrogen and oxygen atoms in total. The molecule has 0 radical (unpaired) electrons. The number of nitrogens with zero attached hydrogens (tertiary/aromatic N) is 1. The average Bonchev–Trinajstić information content (AvgIpc) is 3.16. The van der Waals surface area contributed by atoms with Crippen LogP contribution in [0.5, 0.6) is 5.75 Å². The van der Waals surface area contributed by atoms with Crippen LogP contribution in [0, 0.1) is 0 Å². The molecule has 1 fully saturated rings. The van der Waals surface area contributed by atoms with Crippen LogP contribution in [-0.2, 0) is 13.2 Å². The third-order valence-electron chi connectivity index (χ3n) is 3.63. The number of rotatable bonds is 6. The van der Waals surface area contributed by atoms with E-state index >= 15 is 0 Å². The Balaban J connectivity index is 1.46. The van der Waals surface area contributed by atoms with Crippen molar-refractivity contribution in [2.45, 2.75) is 44.9 Å². The maximum Gasteiger partial charge on any atom is 0.140 e. The molecule has 0 amide bonds. The second-order valence-corrected chi connectivity index (χ2v) is 6.38. The molecule has 1 aromatic carbocycles. The van der Waals surface area contributed by atoms with E-state index < -0.39 is 0 Å². The fourth-order valence-corrected chi connectivity index (χ4v) is 3.32. The summed E-state index contributed by atoms with van der Waals surface area (Å²) in [6.07, 6.45) is 7.36. The molecule has 0 saturated heterocycles. The fraction of sp³-hybridized carbons (Fsp3) is 0.438. The van der Waals surface area contributed by atoms with Gasteiger partial charge in [-0.05, 0) is 25.0 Å². The van der Waals surface area contributed by atoms with Gasteiger partial charge in [-0.1, -0.05) is 31.0 Å². The van der Waals surface area contributed by atoms with Crippen molar-refractivity contribution in [2.75, 3.05) is 0 Å². The summed E-state index contributed by atoms with van der Waals surface area (Å²) in [6.45, 7) is 1.49. The lowest BCUT2D eigenvalue weighted by Crippen LogP contribution is -2.24. The van der Waals surface area contributed by atoms with Crippen LogP contribution in [0.3, 0.4) is 0 Å². The smallest absolute Gasteiger partial charge is 0.140 e. The van der Waals surface area contributed by atoms with E-state index in [4.69, 9.17) is 4.74 Å². The normalized spacial score (nSPS) is 15.6. The van der Waals surface area contributed by atoms with Gasteiger partial charge in [0.15, 0.2) is 0 Å². The van der Waals surface area contributed by atoms with E-state index in [1.165, 1.54) is 30.6 Å². The first-order chi connectivity index (χ1) is 9.90. The van der Waals surface area contributed by atoms with Crippen LogP contribution in [-0.4, -0.2) is 11.0 Å². The van der Waals surface area contributed by atoms with Crippen LogP contribution in [0.15, 0.2) is 36.5 Å². The summed E-state index contributed by atoms with van der Waals surface area (Å²) in [7, 11) is 0. The third kappa shape index (κ3) is 3.81. The Labute approximate surface area is 124 Å². The largest absolute Gasteiger partial charge is 0.486 e. The van der Waals surface area contributed by atoms with Crippen LogP contribution in [0.4, 0.5) is 0 Å². The number of hydrogen-bond donors (Lipinski definition) is 1. The summed E-state index contributed by atoms with van der Waals surface area (Å²) in [6, 6.07) is 10.6. The Bertz CT molecular complexity index is 520. The average molecular weight is 288 g/mol. The molecule has 4 heteroatoms. The Morgan fingerprint density at radius 2 is 2.00 bits per heavy atom. The minimum absolute atomic E-state index is 0.554. The van der Waals surface area contributed by atoms with E-state index in [1.54, 1.807) is 11.3 Å². The molecule has 0 unspecified atom stereocenters. The molecule has 3 rings (SSSR count). The Morgan fingerprint density at radius 1 is 1.20 bits per heavy atom. The summed E-state index contributed by atoms with van der Waals surface area (Å²) in [5.74, 6) is 0.897. The summed E-state index contributed by atoms with van der Waals surface area (Å²) in [4.78, 5) is 5.72. The van der Waals surface area contributed by atoms with Crippen molar-refractivity contribution in [1.29, 1.82) is 0 Å². The molecule has 1 N–H and O–H groups in total.